The largest absolute Gasteiger partial charge is 0.484 e. The van der Waals surface area contributed by atoms with E-state index in [0.717, 1.165) is 0 Å². The maximum atomic E-state index is 5.22. The van der Waals surface area contributed by atoms with Crippen LogP contribution in [-0.4, -0.2) is 56.6 Å². The Morgan fingerprint density at radius 2 is 1.04 bits per heavy atom. The molecule has 23 heavy (non-hydrogen) atoms. The van der Waals surface area contributed by atoms with Gasteiger partial charge in [0.1, 0.15) is 16.5 Å². The standard InChI is InChI=1S/C10H27NSi2.C6H16O3Si/c1-8-9-10-11(12(2,3)4)13(5,6)7;1-4-7-10(8-5-2)9-6-3/h8-10H2,1-7H3;10H,4-6H2,1-3H3. The highest BCUT2D eigenvalue weighted by Crippen LogP contribution is 2.20. The van der Waals surface area contributed by atoms with Crippen LogP contribution in [0.4, 0.5) is 0 Å². The van der Waals surface area contributed by atoms with E-state index in [-0.39, 0.29) is 0 Å². The van der Waals surface area contributed by atoms with E-state index in [1.54, 1.807) is 0 Å². The first-order chi connectivity index (χ1) is 10.5. The first kappa shape index (κ1) is 25.7. The smallest absolute Gasteiger partial charge is 0.376 e. The fraction of sp³-hybridized carbons (Fsp3) is 1.00. The molecule has 0 aromatic carbocycles. The normalized spacial score (nSPS) is 12.5. The van der Waals surface area contributed by atoms with Crippen molar-refractivity contribution in [2.45, 2.75) is 79.8 Å². The molecule has 0 saturated carbocycles. The second-order valence-corrected chi connectivity index (χ2v) is 19.3. The third-order valence-corrected chi connectivity index (χ3v) is 12.8. The van der Waals surface area contributed by atoms with Gasteiger partial charge in [-0.25, -0.2) is 0 Å². The monoisotopic (exact) mass is 381 g/mol. The van der Waals surface area contributed by atoms with Crippen LogP contribution in [0.2, 0.25) is 39.3 Å². The highest BCUT2D eigenvalue weighted by atomic mass is 28.4. The van der Waals surface area contributed by atoms with Gasteiger partial charge in [-0.2, -0.15) is 0 Å². The zero-order valence-corrected chi connectivity index (χ0v) is 20.6. The molecule has 4 nitrogen and oxygen atoms in total. The Hall–Kier alpha value is 0.491. The summed E-state index contributed by atoms with van der Waals surface area (Å²) in [6, 6.07) is 0. The average Bonchev–Trinajstić information content (AvgIpc) is 2.38. The van der Waals surface area contributed by atoms with Crippen molar-refractivity contribution in [3.63, 3.8) is 0 Å². The van der Waals surface area contributed by atoms with Crippen molar-refractivity contribution in [2.75, 3.05) is 26.4 Å². The predicted molar refractivity (Wildman–Crippen MR) is 110 cm³/mol. The van der Waals surface area contributed by atoms with Crippen LogP contribution in [0.15, 0.2) is 0 Å². The van der Waals surface area contributed by atoms with Crippen molar-refractivity contribution in [3.8, 4) is 0 Å². The Kier molecular flexibility index (Phi) is 15.4. The lowest BCUT2D eigenvalue weighted by atomic mass is 10.3. The van der Waals surface area contributed by atoms with Gasteiger partial charge in [-0.15, -0.1) is 0 Å². The number of unbranched alkanes of at least 4 members (excludes halogenated alkanes) is 1. The number of hydrogen-bond acceptors (Lipinski definition) is 4. The fourth-order valence-corrected chi connectivity index (χ4v) is 13.4. The van der Waals surface area contributed by atoms with E-state index in [0.29, 0.717) is 19.8 Å². The summed E-state index contributed by atoms with van der Waals surface area (Å²) in [5, 5.41) is 0. The summed E-state index contributed by atoms with van der Waals surface area (Å²) in [7, 11) is -3.86. The molecule has 0 aromatic heterocycles. The summed E-state index contributed by atoms with van der Waals surface area (Å²) in [5.74, 6) is 0. The van der Waals surface area contributed by atoms with E-state index in [9.17, 15) is 0 Å². The molecule has 0 N–H and O–H groups in total. The van der Waals surface area contributed by atoms with Gasteiger partial charge < -0.3 is 17.5 Å². The molecule has 0 aromatic rings. The van der Waals surface area contributed by atoms with E-state index in [1.807, 2.05) is 20.8 Å². The molecule has 0 fully saturated rings. The molecule has 0 aliphatic carbocycles. The van der Waals surface area contributed by atoms with E-state index >= 15 is 0 Å². The second-order valence-electron chi connectivity index (χ2n) is 7.50. The van der Waals surface area contributed by atoms with Crippen LogP contribution < -0.4 is 0 Å². The van der Waals surface area contributed by atoms with E-state index < -0.39 is 26.0 Å². The van der Waals surface area contributed by atoms with Crippen LogP contribution in [0, 0.1) is 0 Å². The van der Waals surface area contributed by atoms with E-state index in [4.69, 9.17) is 13.3 Å². The van der Waals surface area contributed by atoms with Crippen molar-refractivity contribution < 1.29 is 13.3 Å². The Morgan fingerprint density at radius 3 is 1.26 bits per heavy atom. The summed E-state index contributed by atoms with van der Waals surface area (Å²) >= 11 is 0. The van der Waals surface area contributed by atoms with Gasteiger partial charge in [0, 0.05) is 19.8 Å². The third kappa shape index (κ3) is 14.5. The number of nitrogens with zero attached hydrogens (tertiary/aromatic N) is 1. The third-order valence-electron chi connectivity index (χ3n) is 3.26. The van der Waals surface area contributed by atoms with Crippen LogP contribution in [0.1, 0.15) is 40.5 Å². The fourth-order valence-electron chi connectivity index (χ4n) is 2.55. The van der Waals surface area contributed by atoms with Crippen LogP contribution in [0.3, 0.4) is 0 Å². The number of rotatable bonds is 11. The molecule has 7 heteroatoms. The zero-order valence-electron chi connectivity index (χ0n) is 17.5. The Balaban J connectivity index is 0. The van der Waals surface area contributed by atoms with Crippen molar-refractivity contribution in [3.05, 3.63) is 0 Å². The van der Waals surface area contributed by atoms with Gasteiger partial charge in [0.2, 0.25) is 0 Å². The lowest BCUT2D eigenvalue weighted by Gasteiger charge is -2.43. The summed E-state index contributed by atoms with van der Waals surface area (Å²) in [5.41, 5.74) is 0. The SMILES string of the molecule is CCCCN([Si](C)(C)C)[Si](C)(C)C.CCO[SiH](OCC)OCC. The maximum absolute atomic E-state index is 5.22. The summed E-state index contributed by atoms with van der Waals surface area (Å²) < 4.78 is 18.5. The molecule has 0 atom stereocenters. The van der Waals surface area contributed by atoms with Crippen molar-refractivity contribution in [2.24, 2.45) is 0 Å². The average molecular weight is 382 g/mol. The van der Waals surface area contributed by atoms with Gasteiger partial charge in [-0.05, 0) is 33.7 Å². The summed E-state index contributed by atoms with van der Waals surface area (Å²) in [6.07, 6.45) is 2.69. The molecule has 0 heterocycles. The van der Waals surface area contributed by atoms with Gasteiger partial charge >= 0.3 is 9.53 Å². The molecule has 0 radical (unpaired) electrons. The van der Waals surface area contributed by atoms with Gasteiger partial charge in [-0.3, -0.25) is 0 Å². The number of hydrogen-bond donors (Lipinski definition) is 0. The lowest BCUT2D eigenvalue weighted by molar-refractivity contribution is 0.107. The molecule has 0 unspecified atom stereocenters. The molecule has 142 valence electrons. The molecular formula is C16H43NO3Si3. The maximum Gasteiger partial charge on any atom is 0.484 e. The lowest BCUT2D eigenvalue weighted by Crippen LogP contribution is -2.59. The van der Waals surface area contributed by atoms with E-state index in [2.05, 4.69) is 50.4 Å². The van der Waals surface area contributed by atoms with Crippen molar-refractivity contribution >= 4 is 26.0 Å². The molecule has 0 amide bonds. The Labute approximate surface area is 150 Å². The molecule has 0 saturated heterocycles. The molecule has 0 spiro atoms. The van der Waals surface area contributed by atoms with Gasteiger partial charge in [0.05, 0.1) is 0 Å². The minimum atomic E-state index is -1.73. The van der Waals surface area contributed by atoms with Gasteiger partial charge in [0.25, 0.3) is 0 Å². The highest BCUT2D eigenvalue weighted by Gasteiger charge is 2.33. The second kappa shape index (κ2) is 13.7. The van der Waals surface area contributed by atoms with Crippen LogP contribution in [0.25, 0.3) is 0 Å². The minimum absolute atomic E-state index is 0.677. The van der Waals surface area contributed by atoms with Crippen molar-refractivity contribution in [1.82, 2.24) is 4.23 Å². The summed E-state index contributed by atoms with van der Waals surface area (Å²) in [6.45, 7) is 26.3. The minimum Gasteiger partial charge on any atom is -0.376 e. The predicted octanol–water partition coefficient (Wildman–Crippen LogP) is 4.57. The van der Waals surface area contributed by atoms with Crippen LogP contribution >= 0.6 is 0 Å². The molecule has 0 rings (SSSR count). The molecule has 0 bridgehead atoms. The first-order valence-electron chi connectivity index (χ1n) is 9.17. The van der Waals surface area contributed by atoms with E-state index in [1.165, 1.54) is 19.4 Å². The topological polar surface area (TPSA) is 30.9 Å². The molecule has 0 aliphatic heterocycles. The van der Waals surface area contributed by atoms with Crippen molar-refractivity contribution in [1.29, 1.82) is 0 Å². The Morgan fingerprint density at radius 1 is 0.696 bits per heavy atom. The zero-order chi connectivity index (χ0) is 18.5. The van der Waals surface area contributed by atoms with Crippen LogP contribution in [-0.2, 0) is 13.3 Å². The van der Waals surface area contributed by atoms with Gasteiger partial charge in [0.15, 0.2) is 0 Å². The molecule has 0 aliphatic rings. The Bertz CT molecular complexity index is 240. The highest BCUT2D eigenvalue weighted by molar-refractivity contribution is 6.89. The summed E-state index contributed by atoms with van der Waals surface area (Å²) in [4.78, 5) is 0. The first-order valence-corrected chi connectivity index (χ1v) is 17.5. The quantitative estimate of drug-likeness (QED) is 0.490. The van der Waals surface area contributed by atoms with Gasteiger partial charge in [-0.1, -0.05) is 52.6 Å². The molecular weight excluding hydrogens is 338 g/mol. The van der Waals surface area contributed by atoms with Crippen LogP contribution in [0.5, 0.6) is 0 Å².